The quantitative estimate of drug-likeness (QED) is 0.431. The summed E-state index contributed by atoms with van der Waals surface area (Å²) in [5.74, 6) is 0.271. The van der Waals surface area contributed by atoms with E-state index in [1.54, 1.807) is 11.6 Å². The molecular formula is C26H31N3O3. The van der Waals surface area contributed by atoms with Gasteiger partial charge in [-0.15, -0.1) is 0 Å². The van der Waals surface area contributed by atoms with E-state index < -0.39 is 0 Å². The summed E-state index contributed by atoms with van der Waals surface area (Å²) in [5, 5.41) is 12.3. The van der Waals surface area contributed by atoms with Gasteiger partial charge in [0.05, 0.1) is 10.9 Å². The molecule has 0 atom stereocenters. The molecule has 0 saturated heterocycles. The van der Waals surface area contributed by atoms with Crippen LogP contribution in [0.25, 0.3) is 21.7 Å². The molecule has 2 aromatic heterocycles. The number of hydrogen-bond donors (Lipinski definition) is 1. The number of aliphatic hydroxyl groups excluding tert-OH is 1. The second kappa shape index (κ2) is 9.17. The van der Waals surface area contributed by atoms with E-state index >= 15 is 0 Å². The molecule has 2 heterocycles. The highest BCUT2D eigenvalue weighted by Crippen LogP contribution is 2.24. The molecule has 0 spiro atoms. The first-order valence-electron chi connectivity index (χ1n) is 11.3. The Morgan fingerprint density at radius 1 is 1.00 bits per heavy atom. The number of nitrogens with zero attached hydrogens (tertiary/aromatic N) is 3. The second-order valence-corrected chi connectivity index (χ2v) is 8.93. The van der Waals surface area contributed by atoms with Crippen molar-refractivity contribution in [3.8, 4) is 0 Å². The third-order valence-corrected chi connectivity index (χ3v) is 6.09. The van der Waals surface area contributed by atoms with E-state index in [1.165, 1.54) is 20.9 Å². The number of fused-ring (bicyclic) bond motifs is 2. The fourth-order valence-electron chi connectivity index (χ4n) is 4.53. The molecule has 0 aliphatic rings. The normalized spacial score (nSPS) is 11.8. The number of hydrogen-bond acceptors (Lipinski definition) is 3. The molecule has 6 nitrogen and oxygen atoms in total. The minimum atomic E-state index is -0.277. The van der Waals surface area contributed by atoms with Crippen molar-refractivity contribution >= 4 is 21.7 Å². The predicted molar refractivity (Wildman–Crippen MR) is 129 cm³/mol. The van der Waals surface area contributed by atoms with Crippen molar-refractivity contribution in [2.75, 3.05) is 6.61 Å². The molecule has 0 saturated carbocycles. The van der Waals surface area contributed by atoms with Gasteiger partial charge in [-0.1, -0.05) is 56.3 Å². The third-order valence-electron chi connectivity index (χ3n) is 6.09. The van der Waals surface area contributed by atoms with Crippen molar-refractivity contribution in [1.29, 1.82) is 0 Å². The summed E-state index contributed by atoms with van der Waals surface area (Å²) in [5.41, 5.74) is 2.27. The first kappa shape index (κ1) is 22.1. The smallest absolute Gasteiger partial charge is 0.331 e. The molecule has 0 fully saturated rings. The van der Waals surface area contributed by atoms with Gasteiger partial charge in [0.2, 0.25) is 0 Å². The topological polar surface area (TPSA) is 69.2 Å². The van der Waals surface area contributed by atoms with Gasteiger partial charge < -0.3 is 9.67 Å². The van der Waals surface area contributed by atoms with Crippen LogP contribution >= 0.6 is 0 Å². The molecule has 0 radical (unpaired) electrons. The van der Waals surface area contributed by atoms with Crippen molar-refractivity contribution in [2.24, 2.45) is 13.0 Å². The van der Waals surface area contributed by atoms with E-state index in [0.717, 1.165) is 12.1 Å². The maximum atomic E-state index is 13.2. The molecule has 32 heavy (non-hydrogen) atoms. The first-order chi connectivity index (χ1) is 15.4. The number of rotatable bonds is 8. The Balaban J connectivity index is 1.94. The fourth-order valence-corrected chi connectivity index (χ4v) is 4.53. The lowest BCUT2D eigenvalue weighted by Crippen LogP contribution is -2.38. The fraction of sp³-hybridized carbons (Fsp3) is 0.385. The Hall–Kier alpha value is -3.12. The number of benzene rings is 2. The lowest BCUT2D eigenvalue weighted by Gasteiger charge is -2.12. The summed E-state index contributed by atoms with van der Waals surface area (Å²) in [6.45, 7) is 5.43. The van der Waals surface area contributed by atoms with E-state index in [2.05, 4.69) is 48.7 Å². The molecule has 6 heteroatoms. The highest BCUT2D eigenvalue weighted by molar-refractivity contribution is 5.86. The van der Waals surface area contributed by atoms with E-state index in [9.17, 15) is 14.7 Å². The second-order valence-electron chi connectivity index (χ2n) is 8.93. The Morgan fingerprint density at radius 2 is 1.75 bits per heavy atom. The maximum Gasteiger partial charge on any atom is 0.331 e. The Labute approximate surface area is 187 Å². The highest BCUT2D eigenvalue weighted by atomic mass is 16.3. The van der Waals surface area contributed by atoms with Crippen LogP contribution in [-0.2, 0) is 26.6 Å². The number of aliphatic hydroxyl groups is 1. The zero-order chi connectivity index (χ0) is 22.8. The number of aryl methyl sites for hydroxylation is 1. The van der Waals surface area contributed by atoms with Gasteiger partial charge >= 0.3 is 5.69 Å². The van der Waals surface area contributed by atoms with Crippen LogP contribution in [0.5, 0.6) is 0 Å². The van der Waals surface area contributed by atoms with Crippen molar-refractivity contribution in [1.82, 2.24) is 13.7 Å². The highest BCUT2D eigenvalue weighted by Gasteiger charge is 2.20. The number of unbranched alkanes of at least 4 members (excludes halogenated alkanes) is 1. The molecule has 0 aliphatic carbocycles. The van der Waals surface area contributed by atoms with E-state index in [1.807, 2.05) is 18.3 Å². The first-order valence-corrected chi connectivity index (χ1v) is 11.3. The van der Waals surface area contributed by atoms with Crippen LogP contribution in [-0.4, -0.2) is 25.4 Å². The van der Waals surface area contributed by atoms with Crippen LogP contribution < -0.4 is 11.2 Å². The van der Waals surface area contributed by atoms with Gasteiger partial charge in [-0.05, 0) is 41.5 Å². The summed E-state index contributed by atoms with van der Waals surface area (Å²) in [4.78, 5) is 26.1. The molecule has 0 unspecified atom stereocenters. The Bertz CT molecular complexity index is 1370. The molecule has 2 aromatic carbocycles. The Morgan fingerprint density at radius 3 is 2.50 bits per heavy atom. The molecule has 0 aliphatic heterocycles. The Kier molecular flexibility index (Phi) is 6.33. The van der Waals surface area contributed by atoms with E-state index in [0.29, 0.717) is 36.8 Å². The molecule has 4 rings (SSSR count). The lowest BCUT2D eigenvalue weighted by atomic mass is 10.0. The van der Waals surface area contributed by atoms with Crippen LogP contribution in [0.1, 0.15) is 37.9 Å². The molecule has 0 amide bonds. The van der Waals surface area contributed by atoms with Gasteiger partial charge in [-0.25, -0.2) is 4.79 Å². The van der Waals surface area contributed by atoms with Crippen molar-refractivity contribution < 1.29 is 5.11 Å². The monoisotopic (exact) mass is 433 g/mol. The predicted octanol–water partition coefficient (Wildman–Crippen LogP) is 3.67. The average molecular weight is 434 g/mol. The van der Waals surface area contributed by atoms with E-state index in [-0.39, 0.29) is 23.8 Å². The van der Waals surface area contributed by atoms with Crippen molar-refractivity contribution in [3.05, 3.63) is 80.8 Å². The van der Waals surface area contributed by atoms with Gasteiger partial charge in [-0.2, -0.15) is 0 Å². The molecule has 168 valence electrons. The largest absolute Gasteiger partial charge is 0.396 e. The van der Waals surface area contributed by atoms with Crippen LogP contribution in [0.15, 0.2) is 58.3 Å². The van der Waals surface area contributed by atoms with Gasteiger partial charge in [0.1, 0.15) is 0 Å². The van der Waals surface area contributed by atoms with Crippen LogP contribution in [0.2, 0.25) is 0 Å². The average Bonchev–Trinajstić information content (AvgIpc) is 3.13. The zero-order valence-corrected chi connectivity index (χ0v) is 19.0. The van der Waals surface area contributed by atoms with Crippen LogP contribution in [0, 0.1) is 5.92 Å². The van der Waals surface area contributed by atoms with Gasteiger partial charge in [-0.3, -0.25) is 13.9 Å². The summed E-state index contributed by atoms with van der Waals surface area (Å²) in [6.07, 6.45) is 4.09. The van der Waals surface area contributed by atoms with Gasteiger partial charge in [0, 0.05) is 38.6 Å². The zero-order valence-electron chi connectivity index (χ0n) is 19.0. The van der Waals surface area contributed by atoms with Crippen molar-refractivity contribution in [2.45, 2.75) is 46.2 Å². The lowest BCUT2D eigenvalue weighted by molar-refractivity contribution is 0.284. The minimum Gasteiger partial charge on any atom is -0.396 e. The SMILES string of the molecule is CC(C)Cn1c(=O)n(C)c(=O)c2c(CCCCO)n(Cc3cccc4ccccc34)cc21. The molecular weight excluding hydrogens is 402 g/mol. The van der Waals surface area contributed by atoms with Crippen molar-refractivity contribution in [3.63, 3.8) is 0 Å². The van der Waals surface area contributed by atoms with Gasteiger partial charge in [0.15, 0.2) is 0 Å². The van der Waals surface area contributed by atoms with E-state index in [4.69, 9.17) is 0 Å². The molecule has 0 bridgehead atoms. The standard InChI is InChI=1S/C26H31N3O3/c1-18(2)15-29-23-17-28(16-20-11-8-10-19-9-4-5-12-21(19)20)22(13-6-7-14-30)24(23)25(31)27(3)26(29)32/h4-5,8-12,17-18,30H,6-7,13-16H2,1-3H3. The molecule has 4 aromatic rings. The summed E-state index contributed by atoms with van der Waals surface area (Å²) < 4.78 is 5.08. The summed E-state index contributed by atoms with van der Waals surface area (Å²) in [6, 6.07) is 14.6. The minimum absolute atomic E-state index is 0.123. The van der Waals surface area contributed by atoms with Crippen LogP contribution in [0.3, 0.4) is 0 Å². The molecule has 1 N–H and O–H groups in total. The summed E-state index contributed by atoms with van der Waals surface area (Å²) >= 11 is 0. The van der Waals surface area contributed by atoms with Crippen LogP contribution in [0.4, 0.5) is 0 Å². The van der Waals surface area contributed by atoms with Gasteiger partial charge in [0.25, 0.3) is 5.56 Å². The third kappa shape index (κ3) is 4.02. The maximum absolute atomic E-state index is 13.2. The summed E-state index contributed by atoms with van der Waals surface area (Å²) in [7, 11) is 1.56. The number of aromatic nitrogens is 3.